The molecule has 0 aromatic heterocycles. The van der Waals surface area contributed by atoms with Gasteiger partial charge in [-0.05, 0) is 62.4 Å². The molecule has 0 saturated carbocycles. The maximum Gasteiger partial charge on any atom is 0.315 e. The van der Waals surface area contributed by atoms with Crippen LogP contribution in [0.25, 0.3) is 0 Å². The highest BCUT2D eigenvalue weighted by Crippen LogP contribution is 2.27. The van der Waals surface area contributed by atoms with Gasteiger partial charge in [-0.15, -0.1) is 0 Å². The molecule has 2 N–H and O–H groups in total. The fraction of sp³-hybridized carbons (Fsp3) is 0.650. The Morgan fingerprint density at radius 3 is 2.77 bits per heavy atom. The monoisotopic (exact) mass is 376 g/mol. The Balaban J connectivity index is 1.21. The van der Waals surface area contributed by atoms with Crippen molar-refractivity contribution in [2.75, 3.05) is 37.6 Å². The summed E-state index contributed by atoms with van der Waals surface area (Å²) in [5.41, 5.74) is 1.21. The number of fused-ring (bicyclic) bond motifs is 1. The molecule has 0 radical (unpaired) electrons. The van der Waals surface area contributed by atoms with Gasteiger partial charge in [-0.25, -0.2) is 4.79 Å². The average molecular weight is 377 g/mol. The zero-order chi connectivity index (χ0) is 17.9. The molecule has 3 aliphatic rings. The number of nitrogens with zero attached hydrogens (tertiary/aromatic N) is 2. The number of carbonyl (C=O) groups excluding carboxylic acids is 1. The lowest BCUT2D eigenvalue weighted by atomic mass is 9.99. The minimum absolute atomic E-state index is 0.00682. The molecule has 26 heavy (non-hydrogen) atoms. The standard InChI is InChI=1S/C20H29ClN4O/c21-16-4-6-17(7-5-16)25-11-8-15(14-25)13-22-20(26)23-18-9-12-24-10-2-1-3-19(18)24/h4-7,15,18-19H,1-3,8-14H2,(H2,22,23,26)/t15-,18+,19+/m0/s1. The first-order valence-corrected chi connectivity index (χ1v) is 10.4. The molecule has 0 spiro atoms. The van der Waals surface area contributed by atoms with E-state index in [9.17, 15) is 4.79 Å². The second-order valence-corrected chi connectivity index (χ2v) is 8.36. The summed E-state index contributed by atoms with van der Waals surface area (Å²) < 4.78 is 0. The Hall–Kier alpha value is -1.46. The zero-order valence-electron chi connectivity index (χ0n) is 15.3. The molecule has 3 fully saturated rings. The molecule has 3 heterocycles. The van der Waals surface area contributed by atoms with E-state index in [1.807, 2.05) is 12.1 Å². The smallest absolute Gasteiger partial charge is 0.315 e. The Labute approximate surface area is 161 Å². The van der Waals surface area contributed by atoms with E-state index < -0.39 is 0 Å². The molecule has 3 atom stereocenters. The molecular formula is C20H29ClN4O. The van der Waals surface area contributed by atoms with Crippen molar-refractivity contribution in [3.63, 3.8) is 0 Å². The zero-order valence-corrected chi connectivity index (χ0v) is 16.0. The van der Waals surface area contributed by atoms with E-state index in [1.165, 1.54) is 31.5 Å². The average Bonchev–Trinajstić information content (AvgIpc) is 3.28. The van der Waals surface area contributed by atoms with Gasteiger partial charge in [0.15, 0.2) is 0 Å². The predicted octanol–water partition coefficient (Wildman–Crippen LogP) is 3.09. The van der Waals surface area contributed by atoms with Gasteiger partial charge in [0.25, 0.3) is 0 Å². The molecule has 0 unspecified atom stereocenters. The highest BCUT2D eigenvalue weighted by atomic mass is 35.5. The number of urea groups is 1. The summed E-state index contributed by atoms with van der Waals surface area (Å²) in [4.78, 5) is 17.3. The van der Waals surface area contributed by atoms with E-state index in [-0.39, 0.29) is 6.03 Å². The molecule has 3 saturated heterocycles. The molecule has 6 heteroatoms. The highest BCUT2D eigenvalue weighted by Gasteiger charge is 2.36. The number of hydrogen-bond donors (Lipinski definition) is 2. The third-order valence-electron chi connectivity index (χ3n) is 6.20. The number of carbonyl (C=O) groups is 1. The summed E-state index contributed by atoms with van der Waals surface area (Å²) in [6.07, 6.45) is 6.03. The number of nitrogens with one attached hydrogen (secondary N) is 2. The molecule has 142 valence electrons. The summed E-state index contributed by atoms with van der Waals surface area (Å²) in [5.74, 6) is 0.506. The normalized spacial score (nSPS) is 28.8. The first-order valence-electron chi connectivity index (χ1n) is 9.98. The van der Waals surface area contributed by atoms with Gasteiger partial charge in [0.2, 0.25) is 0 Å². The lowest BCUT2D eigenvalue weighted by Crippen LogP contribution is -2.50. The molecule has 0 bridgehead atoms. The maximum atomic E-state index is 12.4. The molecule has 1 aromatic rings. The first-order chi connectivity index (χ1) is 12.7. The number of rotatable bonds is 4. The fourth-order valence-corrected chi connectivity index (χ4v) is 4.88. The topological polar surface area (TPSA) is 47.6 Å². The van der Waals surface area contributed by atoms with E-state index in [0.717, 1.165) is 44.0 Å². The Bertz CT molecular complexity index is 623. The van der Waals surface area contributed by atoms with Crippen LogP contribution in [0.15, 0.2) is 24.3 Å². The molecule has 2 amide bonds. The van der Waals surface area contributed by atoms with Crippen LogP contribution in [0.3, 0.4) is 0 Å². The molecule has 4 rings (SSSR count). The van der Waals surface area contributed by atoms with E-state index in [4.69, 9.17) is 11.6 Å². The van der Waals surface area contributed by atoms with Crippen LogP contribution in [0.1, 0.15) is 32.1 Å². The fourth-order valence-electron chi connectivity index (χ4n) is 4.76. The van der Waals surface area contributed by atoms with Gasteiger partial charge in [-0.2, -0.15) is 0 Å². The van der Waals surface area contributed by atoms with Gasteiger partial charge in [0, 0.05) is 49.0 Å². The van der Waals surface area contributed by atoms with Gasteiger partial charge in [0.1, 0.15) is 0 Å². The molecule has 3 aliphatic heterocycles. The summed E-state index contributed by atoms with van der Waals surface area (Å²) in [7, 11) is 0. The number of hydrogen-bond acceptors (Lipinski definition) is 3. The van der Waals surface area contributed by atoms with E-state index in [1.54, 1.807) is 0 Å². The van der Waals surface area contributed by atoms with E-state index >= 15 is 0 Å². The molecule has 0 aliphatic carbocycles. The van der Waals surface area contributed by atoms with Crippen molar-refractivity contribution in [1.29, 1.82) is 0 Å². The summed E-state index contributed by atoms with van der Waals surface area (Å²) in [5, 5.41) is 7.11. The summed E-state index contributed by atoms with van der Waals surface area (Å²) in [6.45, 7) is 5.11. The van der Waals surface area contributed by atoms with Gasteiger partial charge in [-0.3, -0.25) is 4.90 Å². The number of anilines is 1. The van der Waals surface area contributed by atoms with Crippen molar-refractivity contribution < 1.29 is 4.79 Å². The number of amides is 2. The van der Waals surface area contributed by atoms with Crippen LogP contribution in [-0.4, -0.2) is 55.7 Å². The van der Waals surface area contributed by atoms with Gasteiger partial charge in [0.05, 0.1) is 0 Å². The maximum absolute atomic E-state index is 12.4. The minimum atomic E-state index is 0.00682. The Morgan fingerprint density at radius 2 is 1.92 bits per heavy atom. The van der Waals surface area contributed by atoms with Gasteiger partial charge >= 0.3 is 6.03 Å². The molecule has 5 nitrogen and oxygen atoms in total. The van der Waals surface area contributed by atoms with Crippen LogP contribution in [0.5, 0.6) is 0 Å². The van der Waals surface area contributed by atoms with Crippen molar-refractivity contribution in [1.82, 2.24) is 15.5 Å². The SMILES string of the molecule is O=C(NC[C@@H]1CCN(c2ccc(Cl)cc2)C1)N[C@@H]1CCN2CCCC[C@H]12. The number of piperidine rings is 1. The van der Waals surface area contributed by atoms with Crippen molar-refractivity contribution in [2.45, 2.75) is 44.2 Å². The Kier molecular flexibility index (Phi) is 5.55. The van der Waals surface area contributed by atoms with E-state index in [0.29, 0.717) is 18.0 Å². The lowest BCUT2D eigenvalue weighted by molar-refractivity contribution is 0.178. The van der Waals surface area contributed by atoms with Gasteiger partial charge < -0.3 is 15.5 Å². The minimum Gasteiger partial charge on any atom is -0.371 e. The quantitative estimate of drug-likeness (QED) is 0.848. The van der Waals surface area contributed by atoms with Crippen LogP contribution >= 0.6 is 11.6 Å². The second-order valence-electron chi connectivity index (χ2n) is 7.93. The summed E-state index contributed by atoms with van der Waals surface area (Å²) in [6, 6.07) is 8.90. The van der Waals surface area contributed by atoms with Crippen molar-refractivity contribution in [2.24, 2.45) is 5.92 Å². The van der Waals surface area contributed by atoms with Crippen LogP contribution < -0.4 is 15.5 Å². The van der Waals surface area contributed by atoms with Crippen molar-refractivity contribution in [3.05, 3.63) is 29.3 Å². The largest absolute Gasteiger partial charge is 0.371 e. The van der Waals surface area contributed by atoms with Crippen LogP contribution in [-0.2, 0) is 0 Å². The van der Waals surface area contributed by atoms with Crippen LogP contribution in [0.4, 0.5) is 10.5 Å². The van der Waals surface area contributed by atoms with Crippen molar-refractivity contribution >= 4 is 23.3 Å². The summed E-state index contributed by atoms with van der Waals surface area (Å²) >= 11 is 5.97. The van der Waals surface area contributed by atoms with Crippen molar-refractivity contribution in [3.8, 4) is 0 Å². The predicted molar refractivity (Wildman–Crippen MR) is 106 cm³/mol. The first kappa shape index (κ1) is 17.9. The Morgan fingerprint density at radius 1 is 1.08 bits per heavy atom. The molecule has 1 aromatic carbocycles. The lowest BCUT2D eigenvalue weighted by Gasteiger charge is -2.32. The van der Waals surface area contributed by atoms with Crippen LogP contribution in [0, 0.1) is 5.92 Å². The number of benzene rings is 1. The van der Waals surface area contributed by atoms with Gasteiger partial charge in [-0.1, -0.05) is 18.0 Å². The third kappa shape index (κ3) is 4.09. The molecular weight excluding hydrogens is 348 g/mol. The highest BCUT2D eigenvalue weighted by molar-refractivity contribution is 6.30. The van der Waals surface area contributed by atoms with Crippen LogP contribution in [0.2, 0.25) is 5.02 Å². The van der Waals surface area contributed by atoms with E-state index in [2.05, 4.69) is 32.6 Å². The third-order valence-corrected chi connectivity index (χ3v) is 6.45. The number of halogens is 1. The second kappa shape index (κ2) is 8.05.